The number of H-pyrrole nitrogens is 1. The first-order valence-electron chi connectivity index (χ1n) is 14.6. The van der Waals surface area contributed by atoms with Crippen molar-refractivity contribution in [3.63, 3.8) is 0 Å². The molecule has 4 amide bonds. The number of aromatic nitrogens is 1. The fraction of sp³-hybridized carbons (Fsp3) is 0.552. The van der Waals surface area contributed by atoms with Crippen molar-refractivity contribution in [2.75, 3.05) is 25.1 Å². The summed E-state index contributed by atoms with van der Waals surface area (Å²) in [4.78, 5) is 55.5. The summed E-state index contributed by atoms with van der Waals surface area (Å²) < 4.78 is 0. The van der Waals surface area contributed by atoms with Crippen molar-refractivity contribution in [1.82, 2.24) is 26.3 Å². The second-order valence-electron chi connectivity index (χ2n) is 10.6. The van der Waals surface area contributed by atoms with Gasteiger partial charge in [0.25, 0.3) is 0 Å². The molecule has 0 saturated heterocycles. The summed E-state index contributed by atoms with van der Waals surface area (Å²) in [5.74, 6) is -1.90. The lowest BCUT2D eigenvalue weighted by Crippen LogP contribution is -2.57. The average molecular weight is 618 g/mol. The van der Waals surface area contributed by atoms with Crippen LogP contribution in [0.25, 0.3) is 10.9 Å². The zero-order valence-electron chi connectivity index (χ0n) is 25.0. The molecule has 14 heteroatoms. The van der Waals surface area contributed by atoms with E-state index < -0.39 is 41.8 Å². The summed E-state index contributed by atoms with van der Waals surface area (Å²) >= 11 is 1.53. The molecule has 1 heterocycles. The number of thioether (sulfide) groups is 1. The number of fused-ring (bicyclic) bond motifs is 1. The van der Waals surface area contributed by atoms with Gasteiger partial charge in [-0.2, -0.15) is 11.8 Å². The van der Waals surface area contributed by atoms with Crippen LogP contribution in [0.3, 0.4) is 0 Å². The molecule has 0 radical (unpaired) electrons. The molecule has 0 aliphatic carbocycles. The summed E-state index contributed by atoms with van der Waals surface area (Å²) in [5, 5.41) is 19.3. The van der Waals surface area contributed by atoms with Crippen molar-refractivity contribution in [3.05, 3.63) is 36.0 Å². The Morgan fingerprint density at radius 2 is 1.58 bits per heavy atom. The van der Waals surface area contributed by atoms with Gasteiger partial charge < -0.3 is 43.5 Å². The number of nitrogens with one attached hydrogen (secondary N) is 6. The van der Waals surface area contributed by atoms with E-state index in [1.165, 1.54) is 11.8 Å². The second-order valence-corrected chi connectivity index (χ2v) is 11.6. The molecule has 1 aromatic heterocycles. The van der Waals surface area contributed by atoms with Gasteiger partial charge in [-0.15, -0.1) is 0 Å². The Bertz CT molecular complexity index is 1220. The van der Waals surface area contributed by atoms with Crippen LogP contribution < -0.4 is 38.5 Å². The van der Waals surface area contributed by atoms with Crippen LogP contribution in [0.2, 0.25) is 0 Å². The number of amides is 4. The quantitative estimate of drug-likeness (QED) is 0.0573. The Morgan fingerprint density at radius 3 is 2.26 bits per heavy atom. The van der Waals surface area contributed by atoms with Crippen LogP contribution in [0.15, 0.2) is 30.5 Å². The maximum absolute atomic E-state index is 13.6. The molecular weight excluding hydrogens is 570 g/mol. The van der Waals surface area contributed by atoms with E-state index in [4.69, 9.17) is 22.6 Å². The zero-order chi connectivity index (χ0) is 31.8. The van der Waals surface area contributed by atoms with Gasteiger partial charge in [0, 0.05) is 36.0 Å². The molecule has 43 heavy (non-hydrogen) atoms. The van der Waals surface area contributed by atoms with Crippen molar-refractivity contribution in [1.29, 1.82) is 5.41 Å². The first kappa shape index (κ1) is 35.4. The summed E-state index contributed by atoms with van der Waals surface area (Å²) in [6, 6.07) is 4.81. The maximum atomic E-state index is 13.6. The largest absolute Gasteiger partial charge is 0.370 e. The van der Waals surface area contributed by atoms with E-state index in [0.29, 0.717) is 57.4 Å². The topological polar surface area (TPSA) is 234 Å². The number of rotatable bonds is 20. The monoisotopic (exact) mass is 617 g/mol. The molecule has 0 aliphatic heterocycles. The summed E-state index contributed by atoms with van der Waals surface area (Å²) in [6.07, 6.45) is 6.94. The van der Waals surface area contributed by atoms with Crippen molar-refractivity contribution in [2.45, 2.75) is 70.0 Å². The van der Waals surface area contributed by atoms with Crippen molar-refractivity contribution < 1.29 is 19.2 Å². The number of benzene rings is 1. The molecule has 13 nitrogen and oxygen atoms in total. The number of carbonyl (C=O) groups is 4. The molecule has 12 N–H and O–H groups in total. The van der Waals surface area contributed by atoms with E-state index in [1.54, 1.807) is 13.1 Å². The standard InChI is InChI=1S/C29H47N9O4S/c1-18(8-7-14-34-29(32)33)26(40)37-23(11-5-6-13-30)27(41)38-24(28(42)36-22(25(31)39)12-15-43-2)16-19-17-35-21-10-4-3-9-20(19)21/h3-4,9-10,17-18,22-24,35H,5-8,11-16,30H2,1-2H3,(H2,31,39)(H,36,42)(H,37,40)(H,38,41)(H4,32,33,34)/t18-,22-,23-,24-/m0/s1. The van der Waals surface area contributed by atoms with Crippen molar-refractivity contribution >= 4 is 52.3 Å². The minimum absolute atomic E-state index is 0.133. The Hall–Kier alpha value is -3.78. The number of nitrogens with two attached hydrogens (primary N) is 3. The predicted molar refractivity (Wildman–Crippen MR) is 171 cm³/mol. The molecule has 2 rings (SSSR count). The zero-order valence-corrected chi connectivity index (χ0v) is 25.9. The van der Waals surface area contributed by atoms with Gasteiger partial charge in [-0.3, -0.25) is 24.6 Å². The number of hydrogen-bond donors (Lipinski definition) is 9. The lowest BCUT2D eigenvalue weighted by Gasteiger charge is -2.25. The Labute approximate surface area is 257 Å². The highest BCUT2D eigenvalue weighted by molar-refractivity contribution is 7.98. The highest BCUT2D eigenvalue weighted by Crippen LogP contribution is 2.19. The maximum Gasteiger partial charge on any atom is 0.243 e. The Kier molecular flexibility index (Phi) is 15.4. The molecular formula is C29H47N9O4S. The lowest BCUT2D eigenvalue weighted by molar-refractivity contribution is -0.134. The molecule has 0 aliphatic rings. The molecule has 4 atom stereocenters. The van der Waals surface area contributed by atoms with Crippen LogP contribution in [0, 0.1) is 11.3 Å². The highest BCUT2D eigenvalue weighted by atomic mass is 32.2. The van der Waals surface area contributed by atoms with E-state index in [9.17, 15) is 19.2 Å². The smallest absolute Gasteiger partial charge is 0.243 e. The van der Waals surface area contributed by atoms with Gasteiger partial charge in [0.15, 0.2) is 5.96 Å². The molecule has 0 fully saturated rings. The molecule has 1 aromatic carbocycles. The van der Waals surface area contributed by atoms with Gasteiger partial charge in [-0.25, -0.2) is 0 Å². The first-order chi connectivity index (χ1) is 20.6. The van der Waals surface area contributed by atoms with Crippen molar-refractivity contribution in [2.24, 2.45) is 23.1 Å². The number of para-hydroxylation sites is 1. The van der Waals surface area contributed by atoms with Gasteiger partial charge in [0.2, 0.25) is 23.6 Å². The van der Waals surface area contributed by atoms with Crippen LogP contribution in [-0.2, 0) is 25.6 Å². The number of guanidine groups is 1. The van der Waals surface area contributed by atoms with Crippen LogP contribution >= 0.6 is 11.8 Å². The van der Waals surface area contributed by atoms with E-state index >= 15 is 0 Å². The number of primary amides is 1. The van der Waals surface area contributed by atoms with Crippen LogP contribution in [-0.4, -0.2) is 77.8 Å². The average Bonchev–Trinajstić information content (AvgIpc) is 3.38. The van der Waals surface area contributed by atoms with Gasteiger partial charge in [0.1, 0.15) is 18.1 Å². The SMILES string of the molecule is CSCC[C@H](NC(=O)[C@H](Cc1c[nH]c2ccccc12)NC(=O)[C@H](CCCCN)NC(=O)[C@@H](C)CCCNC(=N)N)C(N)=O. The molecule has 238 valence electrons. The minimum atomic E-state index is -1.04. The molecule has 0 bridgehead atoms. The first-order valence-corrected chi connectivity index (χ1v) is 16.0. The Balaban J connectivity index is 2.24. The summed E-state index contributed by atoms with van der Waals surface area (Å²) in [5.41, 5.74) is 18.2. The number of unbranched alkanes of at least 4 members (excludes halogenated alkanes) is 1. The van der Waals surface area contributed by atoms with Gasteiger partial charge >= 0.3 is 0 Å². The number of carbonyl (C=O) groups excluding carboxylic acids is 4. The second kappa shape index (κ2) is 18.7. The normalized spacial score (nSPS) is 13.8. The van der Waals surface area contributed by atoms with Crippen LogP contribution in [0.1, 0.15) is 51.0 Å². The molecule has 0 saturated carbocycles. The van der Waals surface area contributed by atoms with Gasteiger partial charge in [-0.05, 0) is 68.7 Å². The molecule has 2 aromatic rings. The third-order valence-corrected chi connectivity index (χ3v) is 7.80. The molecule has 0 unspecified atom stereocenters. The predicted octanol–water partition coefficient (Wildman–Crippen LogP) is 0.432. The van der Waals surface area contributed by atoms with Gasteiger partial charge in [-0.1, -0.05) is 25.1 Å². The number of hydrogen-bond acceptors (Lipinski definition) is 7. The van der Waals surface area contributed by atoms with E-state index in [-0.39, 0.29) is 18.3 Å². The number of aromatic amines is 1. The fourth-order valence-corrected chi connectivity index (χ4v) is 5.10. The highest BCUT2D eigenvalue weighted by Gasteiger charge is 2.30. The van der Waals surface area contributed by atoms with E-state index in [2.05, 4.69) is 26.3 Å². The summed E-state index contributed by atoms with van der Waals surface area (Å²) in [6.45, 7) is 2.67. The van der Waals surface area contributed by atoms with E-state index in [0.717, 1.165) is 16.5 Å². The van der Waals surface area contributed by atoms with Crippen molar-refractivity contribution in [3.8, 4) is 0 Å². The van der Waals surface area contributed by atoms with E-state index in [1.807, 2.05) is 30.5 Å². The summed E-state index contributed by atoms with van der Waals surface area (Å²) in [7, 11) is 0. The molecule has 0 spiro atoms. The Morgan fingerprint density at radius 1 is 0.907 bits per heavy atom. The lowest BCUT2D eigenvalue weighted by atomic mass is 10.0. The van der Waals surface area contributed by atoms with Crippen LogP contribution in [0.5, 0.6) is 0 Å². The van der Waals surface area contributed by atoms with Crippen LogP contribution in [0.4, 0.5) is 0 Å². The fourth-order valence-electron chi connectivity index (χ4n) is 4.63. The third kappa shape index (κ3) is 12.2. The minimum Gasteiger partial charge on any atom is -0.370 e. The third-order valence-electron chi connectivity index (χ3n) is 7.16. The van der Waals surface area contributed by atoms with Gasteiger partial charge in [0.05, 0.1) is 0 Å².